The van der Waals surface area contributed by atoms with Gasteiger partial charge in [0.2, 0.25) is 10.0 Å². The second kappa shape index (κ2) is 6.32. The third-order valence-corrected chi connectivity index (χ3v) is 5.38. The molecular weight excluding hydrogens is 280 g/mol. The Balaban J connectivity index is 2.08. The van der Waals surface area contributed by atoms with Crippen LogP contribution in [0.15, 0.2) is 24.5 Å². The zero-order chi connectivity index (χ0) is 14.6. The van der Waals surface area contributed by atoms with Gasteiger partial charge in [-0.25, -0.2) is 8.42 Å². The van der Waals surface area contributed by atoms with Gasteiger partial charge in [0.05, 0.1) is 11.8 Å². The van der Waals surface area contributed by atoms with E-state index in [0.29, 0.717) is 6.54 Å². The molecule has 7 heteroatoms. The number of aliphatic carboxylic acids is 1. The normalized spacial score (nSPS) is 20.1. The smallest absolute Gasteiger partial charge is 0.303 e. The van der Waals surface area contributed by atoms with E-state index < -0.39 is 16.0 Å². The molecule has 2 heterocycles. The van der Waals surface area contributed by atoms with E-state index in [-0.39, 0.29) is 24.6 Å². The Morgan fingerprint density at radius 2 is 2.30 bits per heavy atom. The molecule has 1 fully saturated rings. The number of aromatic nitrogens is 1. The molecule has 2 rings (SSSR count). The Morgan fingerprint density at radius 3 is 2.95 bits per heavy atom. The van der Waals surface area contributed by atoms with Crippen LogP contribution < -0.4 is 0 Å². The van der Waals surface area contributed by atoms with Crippen LogP contribution >= 0.6 is 0 Å². The van der Waals surface area contributed by atoms with Gasteiger partial charge in [0.25, 0.3) is 0 Å². The molecular formula is C13H18N2O4S. The summed E-state index contributed by atoms with van der Waals surface area (Å²) in [5, 5.41) is 8.59. The van der Waals surface area contributed by atoms with E-state index in [2.05, 4.69) is 4.98 Å². The summed E-state index contributed by atoms with van der Waals surface area (Å²) in [7, 11) is -3.41. The summed E-state index contributed by atoms with van der Waals surface area (Å²) in [4.78, 5) is 14.5. The number of pyridine rings is 1. The first kappa shape index (κ1) is 14.9. The summed E-state index contributed by atoms with van der Waals surface area (Å²) in [5.74, 6) is -1.08. The lowest BCUT2D eigenvalue weighted by Crippen LogP contribution is -2.32. The highest BCUT2D eigenvalue weighted by Crippen LogP contribution is 2.34. The molecule has 0 radical (unpaired) electrons. The zero-order valence-electron chi connectivity index (χ0n) is 11.1. The zero-order valence-corrected chi connectivity index (χ0v) is 11.9. The number of sulfonamides is 1. The highest BCUT2D eigenvalue weighted by molar-refractivity contribution is 7.89. The highest BCUT2D eigenvalue weighted by Gasteiger charge is 2.34. The van der Waals surface area contributed by atoms with E-state index in [0.717, 1.165) is 18.4 Å². The molecule has 6 nitrogen and oxygen atoms in total. The predicted molar refractivity (Wildman–Crippen MR) is 73.6 cm³/mol. The maximum Gasteiger partial charge on any atom is 0.303 e. The van der Waals surface area contributed by atoms with Gasteiger partial charge in [0.1, 0.15) is 0 Å². The SMILES string of the molecule is O=C(O)CCCS(=O)(=O)N1CCCC1c1cccnc1. The van der Waals surface area contributed by atoms with Crippen molar-refractivity contribution in [2.75, 3.05) is 12.3 Å². The lowest BCUT2D eigenvalue weighted by Gasteiger charge is -2.24. The summed E-state index contributed by atoms with van der Waals surface area (Å²) in [6.45, 7) is 0.495. The van der Waals surface area contributed by atoms with Gasteiger partial charge in [-0.1, -0.05) is 6.07 Å². The highest BCUT2D eigenvalue weighted by atomic mass is 32.2. The molecule has 0 amide bonds. The summed E-state index contributed by atoms with van der Waals surface area (Å²) >= 11 is 0. The maximum absolute atomic E-state index is 12.3. The maximum atomic E-state index is 12.3. The van der Waals surface area contributed by atoms with Crippen LogP contribution in [0.4, 0.5) is 0 Å². The number of nitrogens with zero attached hydrogens (tertiary/aromatic N) is 2. The van der Waals surface area contributed by atoms with E-state index >= 15 is 0 Å². The lowest BCUT2D eigenvalue weighted by molar-refractivity contribution is -0.137. The van der Waals surface area contributed by atoms with Crippen molar-refractivity contribution in [3.63, 3.8) is 0 Å². The summed E-state index contributed by atoms with van der Waals surface area (Å²) in [5.41, 5.74) is 0.895. The monoisotopic (exact) mass is 298 g/mol. The molecule has 0 aliphatic carbocycles. The van der Waals surface area contributed by atoms with Crippen molar-refractivity contribution in [1.29, 1.82) is 0 Å². The van der Waals surface area contributed by atoms with Gasteiger partial charge in [-0.15, -0.1) is 0 Å². The fraction of sp³-hybridized carbons (Fsp3) is 0.538. The Morgan fingerprint density at radius 1 is 1.50 bits per heavy atom. The molecule has 1 aliphatic heterocycles. The number of carboxylic acid groups (broad SMARTS) is 1. The van der Waals surface area contributed by atoms with Crippen molar-refractivity contribution < 1.29 is 18.3 Å². The second-order valence-corrected chi connectivity index (χ2v) is 6.91. The third kappa shape index (κ3) is 3.55. The Kier molecular flexibility index (Phi) is 4.72. The Bertz CT molecular complexity index is 559. The van der Waals surface area contributed by atoms with Crippen LogP contribution in [0, 0.1) is 0 Å². The summed E-state index contributed by atoms with van der Waals surface area (Å²) < 4.78 is 26.1. The number of rotatable bonds is 6. The largest absolute Gasteiger partial charge is 0.481 e. The van der Waals surface area contributed by atoms with Crippen molar-refractivity contribution >= 4 is 16.0 Å². The lowest BCUT2D eigenvalue weighted by atomic mass is 10.1. The van der Waals surface area contributed by atoms with Crippen LogP contribution in [0.25, 0.3) is 0 Å². The fourth-order valence-corrected chi connectivity index (χ4v) is 4.27. The van der Waals surface area contributed by atoms with Crippen LogP contribution in [0.5, 0.6) is 0 Å². The Hall–Kier alpha value is -1.47. The molecule has 1 saturated heterocycles. The summed E-state index contributed by atoms with van der Waals surface area (Å²) in [6, 6.07) is 3.50. The van der Waals surface area contributed by atoms with Crippen molar-refractivity contribution in [3.05, 3.63) is 30.1 Å². The third-order valence-electron chi connectivity index (χ3n) is 3.42. The van der Waals surface area contributed by atoms with Crippen LogP contribution in [0.1, 0.15) is 37.3 Å². The van der Waals surface area contributed by atoms with Crippen molar-refractivity contribution in [1.82, 2.24) is 9.29 Å². The molecule has 0 aromatic carbocycles. The number of hydrogen-bond acceptors (Lipinski definition) is 4. The average molecular weight is 298 g/mol. The minimum atomic E-state index is -3.41. The second-order valence-electron chi connectivity index (χ2n) is 4.87. The first-order valence-electron chi connectivity index (χ1n) is 6.62. The molecule has 110 valence electrons. The van der Waals surface area contributed by atoms with Crippen molar-refractivity contribution in [2.45, 2.75) is 31.7 Å². The molecule has 1 atom stereocenters. The standard InChI is InChI=1S/C13H18N2O4S/c16-13(17)6-3-9-20(18,19)15-8-2-5-12(15)11-4-1-7-14-10-11/h1,4,7,10,12H,2-3,5-6,8-9H2,(H,16,17). The number of hydrogen-bond donors (Lipinski definition) is 1. The van der Waals surface area contributed by atoms with Crippen molar-refractivity contribution in [3.8, 4) is 0 Å². The molecule has 1 N–H and O–H groups in total. The molecule has 0 bridgehead atoms. The van der Waals surface area contributed by atoms with Crippen LogP contribution in [-0.2, 0) is 14.8 Å². The molecule has 1 aromatic heterocycles. The van der Waals surface area contributed by atoms with Gasteiger partial charge in [-0.2, -0.15) is 4.31 Å². The minimum Gasteiger partial charge on any atom is -0.481 e. The number of carbonyl (C=O) groups is 1. The first-order valence-corrected chi connectivity index (χ1v) is 8.23. The molecule has 1 aliphatic rings. The molecule has 1 unspecified atom stereocenters. The molecule has 0 saturated carbocycles. The van der Waals surface area contributed by atoms with Crippen molar-refractivity contribution in [2.24, 2.45) is 0 Å². The summed E-state index contributed by atoms with van der Waals surface area (Å²) in [6.07, 6.45) is 4.97. The quantitative estimate of drug-likeness (QED) is 0.858. The first-order chi connectivity index (χ1) is 9.50. The van der Waals surface area contributed by atoms with E-state index in [1.54, 1.807) is 18.5 Å². The van der Waals surface area contributed by atoms with E-state index in [1.807, 2.05) is 6.07 Å². The van der Waals surface area contributed by atoms with Gasteiger partial charge in [0.15, 0.2) is 0 Å². The number of carboxylic acids is 1. The van der Waals surface area contributed by atoms with Gasteiger partial charge >= 0.3 is 5.97 Å². The van der Waals surface area contributed by atoms with Gasteiger partial charge in [0, 0.05) is 25.4 Å². The van der Waals surface area contributed by atoms with Crippen LogP contribution in [0.2, 0.25) is 0 Å². The van der Waals surface area contributed by atoms with Gasteiger partial charge < -0.3 is 5.11 Å². The topological polar surface area (TPSA) is 87.6 Å². The van der Waals surface area contributed by atoms with E-state index in [9.17, 15) is 13.2 Å². The predicted octanol–water partition coefficient (Wildman–Crippen LogP) is 1.41. The van der Waals surface area contributed by atoms with Crippen LogP contribution in [-0.4, -0.2) is 41.1 Å². The van der Waals surface area contributed by atoms with Crippen LogP contribution in [0.3, 0.4) is 0 Å². The molecule has 0 spiro atoms. The van der Waals surface area contributed by atoms with Gasteiger partial charge in [-0.05, 0) is 30.9 Å². The Labute approximate surface area is 118 Å². The molecule has 20 heavy (non-hydrogen) atoms. The minimum absolute atomic E-state index is 0.115. The molecule has 1 aromatic rings. The average Bonchev–Trinajstić information content (AvgIpc) is 2.89. The fourth-order valence-electron chi connectivity index (χ4n) is 2.50. The van der Waals surface area contributed by atoms with Gasteiger partial charge in [-0.3, -0.25) is 9.78 Å². The van der Waals surface area contributed by atoms with E-state index in [1.165, 1.54) is 4.31 Å². The van der Waals surface area contributed by atoms with E-state index in [4.69, 9.17) is 5.11 Å².